The summed E-state index contributed by atoms with van der Waals surface area (Å²) >= 11 is 0. The monoisotopic (exact) mass is 416 g/mol. The molecule has 1 saturated heterocycles. The lowest BCUT2D eigenvalue weighted by Gasteiger charge is -2.26. The van der Waals surface area contributed by atoms with Gasteiger partial charge in [-0.05, 0) is 50.0 Å². The molecule has 1 N–H and O–H groups in total. The average Bonchev–Trinajstić information content (AvgIpc) is 2.96. The third kappa shape index (κ3) is 4.04. The van der Waals surface area contributed by atoms with E-state index >= 15 is 0 Å². The third-order valence-corrected chi connectivity index (χ3v) is 4.94. The number of hydrogen-bond acceptors (Lipinski definition) is 5. The van der Waals surface area contributed by atoms with E-state index in [0.717, 1.165) is 6.07 Å². The number of hydrogen-bond donors (Lipinski definition) is 1. The summed E-state index contributed by atoms with van der Waals surface area (Å²) in [5.41, 5.74) is 0.325. The maximum atomic E-state index is 14.2. The molecule has 158 valence electrons. The largest absolute Gasteiger partial charge is 0.507 e. The van der Waals surface area contributed by atoms with Crippen LogP contribution in [0.4, 0.5) is 8.78 Å². The summed E-state index contributed by atoms with van der Waals surface area (Å²) < 4.78 is 32.5. The van der Waals surface area contributed by atoms with E-state index in [9.17, 15) is 23.5 Å². The highest BCUT2D eigenvalue weighted by molar-refractivity contribution is 6.46. The van der Waals surface area contributed by atoms with Gasteiger partial charge in [0.1, 0.15) is 11.6 Å². The third-order valence-electron chi connectivity index (χ3n) is 4.94. The van der Waals surface area contributed by atoms with Gasteiger partial charge in [-0.3, -0.25) is 9.59 Å². The highest BCUT2D eigenvalue weighted by Gasteiger charge is 2.45. The molecule has 0 aromatic heterocycles. The number of likely N-dealkylation sites (tertiary alicyclic amines) is 1. The van der Waals surface area contributed by atoms with Gasteiger partial charge in [0.05, 0.1) is 18.7 Å². The second-order valence-electron chi connectivity index (χ2n) is 7.20. The van der Waals surface area contributed by atoms with Crippen LogP contribution in [-0.2, 0) is 9.59 Å². The molecule has 1 aliphatic heterocycles. The van der Waals surface area contributed by atoms with E-state index in [1.165, 1.54) is 48.4 Å². The zero-order chi connectivity index (χ0) is 22.0. The average molecular weight is 416 g/mol. The van der Waals surface area contributed by atoms with Crippen molar-refractivity contribution in [2.75, 3.05) is 34.3 Å². The Morgan fingerprint density at radius 2 is 1.80 bits per heavy atom. The summed E-state index contributed by atoms with van der Waals surface area (Å²) in [5, 5.41) is 10.9. The lowest BCUT2D eigenvalue weighted by molar-refractivity contribution is -0.140. The molecule has 1 heterocycles. The molecule has 0 bridgehead atoms. The Balaban J connectivity index is 2.14. The van der Waals surface area contributed by atoms with Crippen LogP contribution < -0.4 is 4.74 Å². The van der Waals surface area contributed by atoms with Gasteiger partial charge in [-0.1, -0.05) is 12.1 Å². The van der Waals surface area contributed by atoms with E-state index in [-0.39, 0.29) is 23.4 Å². The Morgan fingerprint density at radius 3 is 2.37 bits per heavy atom. The number of likely N-dealkylation sites (N-methyl/N-ethyl adjacent to an activating group) is 1. The predicted molar refractivity (Wildman–Crippen MR) is 107 cm³/mol. The van der Waals surface area contributed by atoms with Crippen LogP contribution in [0.3, 0.4) is 0 Å². The maximum absolute atomic E-state index is 14.2. The van der Waals surface area contributed by atoms with Crippen molar-refractivity contribution in [3.8, 4) is 5.75 Å². The van der Waals surface area contributed by atoms with Crippen LogP contribution in [0.1, 0.15) is 17.2 Å². The van der Waals surface area contributed by atoms with Gasteiger partial charge in [0.2, 0.25) is 0 Å². The molecule has 0 radical (unpaired) electrons. The van der Waals surface area contributed by atoms with Crippen LogP contribution in [0, 0.1) is 11.6 Å². The van der Waals surface area contributed by atoms with Crippen molar-refractivity contribution < 1.29 is 28.2 Å². The molecule has 8 heteroatoms. The Kier molecular flexibility index (Phi) is 6.17. The van der Waals surface area contributed by atoms with Crippen molar-refractivity contribution in [2.24, 2.45) is 0 Å². The number of rotatable bonds is 6. The van der Waals surface area contributed by atoms with Crippen LogP contribution in [0.2, 0.25) is 0 Å². The first kappa shape index (κ1) is 21.4. The van der Waals surface area contributed by atoms with Crippen molar-refractivity contribution in [2.45, 2.75) is 6.04 Å². The van der Waals surface area contributed by atoms with E-state index in [1.807, 2.05) is 19.0 Å². The number of ketones is 1. The fourth-order valence-corrected chi connectivity index (χ4v) is 3.38. The minimum atomic E-state index is -0.921. The van der Waals surface area contributed by atoms with Gasteiger partial charge in [0.15, 0.2) is 11.6 Å². The Labute approximate surface area is 173 Å². The quantitative estimate of drug-likeness (QED) is 0.446. The van der Waals surface area contributed by atoms with Gasteiger partial charge in [0, 0.05) is 18.7 Å². The van der Waals surface area contributed by atoms with Crippen LogP contribution in [0.15, 0.2) is 48.0 Å². The van der Waals surface area contributed by atoms with Gasteiger partial charge in [-0.15, -0.1) is 0 Å². The second-order valence-corrected chi connectivity index (χ2v) is 7.20. The molecule has 2 aromatic rings. The molecule has 1 fully saturated rings. The highest BCUT2D eigenvalue weighted by Crippen LogP contribution is 2.39. The molecule has 0 saturated carbocycles. The molecule has 3 rings (SSSR count). The Bertz CT molecular complexity index is 1000. The van der Waals surface area contributed by atoms with E-state index in [1.54, 1.807) is 0 Å². The number of ether oxygens (including phenoxy) is 1. The number of amides is 1. The first-order chi connectivity index (χ1) is 14.2. The summed E-state index contributed by atoms with van der Waals surface area (Å²) in [7, 11) is 4.95. The van der Waals surface area contributed by atoms with Gasteiger partial charge in [-0.25, -0.2) is 8.78 Å². The molecule has 1 atom stereocenters. The number of carbonyl (C=O) groups excluding carboxylic acids is 2. The molecule has 1 amide bonds. The maximum Gasteiger partial charge on any atom is 0.295 e. The van der Waals surface area contributed by atoms with Crippen molar-refractivity contribution in [3.05, 3.63) is 70.8 Å². The van der Waals surface area contributed by atoms with Gasteiger partial charge in [-0.2, -0.15) is 0 Å². The zero-order valence-corrected chi connectivity index (χ0v) is 16.9. The molecule has 2 aromatic carbocycles. The molecule has 0 spiro atoms. The number of Topliss-reactive ketones (excluding diaryl/α,β-unsaturated/α-hetero) is 1. The summed E-state index contributed by atoms with van der Waals surface area (Å²) in [6, 6.07) is 8.17. The van der Waals surface area contributed by atoms with E-state index in [0.29, 0.717) is 12.1 Å². The van der Waals surface area contributed by atoms with Crippen LogP contribution in [0.25, 0.3) is 5.76 Å². The van der Waals surface area contributed by atoms with Crippen molar-refractivity contribution in [1.82, 2.24) is 9.80 Å². The summed E-state index contributed by atoms with van der Waals surface area (Å²) in [5.74, 6) is -3.37. The smallest absolute Gasteiger partial charge is 0.295 e. The van der Waals surface area contributed by atoms with E-state index < -0.39 is 35.1 Å². The summed E-state index contributed by atoms with van der Waals surface area (Å²) in [6.45, 7) is 0.690. The van der Waals surface area contributed by atoms with Gasteiger partial charge < -0.3 is 19.6 Å². The molecule has 1 aliphatic rings. The summed E-state index contributed by atoms with van der Waals surface area (Å²) in [4.78, 5) is 28.7. The van der Waals surface area contributed by atoms with E-state index in [2.05, 4.69) is 0 Å². The lowest BCUT2D eigenvalue weighted by Crippen LogP contribution is -2.35. The first-order valence-corrected chi connectivity index (χ1v) is 9.27. The van der Waals surface area contributed by atoms with Crippen molar-refractivity contribution in [3.63, 3.8) is 0 Å². The predicted octanol–water partition coefficient (Wildman–Crippen LogP) is 2.96. The molecule has 6 nitrogen and oxygen atoms in total. The number of halogens is 2. The van der Waals surface area contributed by atoms with Crippen LogP contribution >= 0.6 is 0 Å². The fraction of sp³-hybridized carbons (Fsp3) is 0.273. The highest BCUT2D eigenvalue weighted by atomic mass is 19.1. The minimum absolute atomic E-state index is 0.0203. The van der Waals surface area contributed by atoms with Crippen molar-refractivity contribution >= 4 is 17.4 Å². The Hall–Kier alpha value is -3.26. The minimum Gasteiger partial charge on any atom is -0.507 e. The first-order valence-electron chi connectivity index (χ1n) is 9.27. The van der Waals surface area contributed by atoms with Crippen LogP contribution in [-0.4, -0.2) is 60.9 Å². The lowest BCUT2D eigenvalue weighted by atomic mass is 9.95. The number of nitrogens with zero attached hydrogens (tertiary/aromatic N) is 2. The summed E-state index contributed by atoms with van der Waals surface area (Å²) in [6.07, 6.45) is 0. The number of aliphatic hydroxyl groups excluding tert-OH is 1. The van der Waals surface area contributed by atoms with Crippen molar-refractivity contribution in [1.29, 1.82) is 0 Å². The molecular weight excluding hydrogens is 394 g/mol. The molecular formula is C22H22F2N2O4. The number of methoxy groups -OCH3 is 1. The number of benzene rings is 2. The van der Waals surface area contributed by atoms with Gasteiger partial charge >= 0.3 is 0 Å². The van der Waals surface area contributed by atoms with E-state index in [4.69, 9.17) is 4.74 Å². The topological polar surface area (TPSA) is 70.1 Å². The molecule has 30 heavy (non-hydrogen) atoms. The van der Waals surface area contributed by atoms with Gasteiger partial charge in [0.25, 0.3) is 11.7 Å². The molecule has 1 unspecified atom stereocenters. The number of aliphatic hydroxyl groups is 1. The second kappa shape index (κ2) is 8.62. The standard InChI is InChI=1S/C22H22F2N2O4/c1-25(2)10-11-26-19(13-4-7-15(23)8-5-13)18(21(28)22(26)29)20(27)14-6-9-17(30-3)16(24)12-14/h4-9,12,19,27H,10-11H2,1-3H3/b20-18+. The zero-order valence-electron chi connectivity index (χ0n) is 16.9. The fourth-order valence-electron chi connectivity index (χ4n) is 3.38. The number of carbonyl (C=O) groups is 2. The molecule has 0 aliphatic carbocycles. The van der Waals surface area contributed by atoms with Crippen LogP contribution in [0.5, 0.6) is 5.75 Å². The normalized spacial score (nSPS) is 18.3. The SMILES string of the molecule is COc1ccc(/C(O)=C2\C(=O)C(=O)N(CCN(C)C)C2c2ccc(F)cc2)cc1F. The Morgan fingerprint density at radius 1 is 1.13 bits per heavy atom.